The molecule has 2 rings (SSSR count). The molecule has 1 saturated carbocycles. The molecule has 2 nitrogen and oxygen atoms in total. The van der Waals surface area contributed by atoms with Gasteiger partial charge < -0.3 is 10.6 Å². The number of nitrogens with zero attached hydrogens (tertiary/aromatic N) is 1. The van der Waals surface area contributed by atoms with Crippen LogP contribution in [0.15, 0.2) is 0 Å². The lowest BCUT2D eigenvalue weighted by atomic mass is 9.95. The van der Waals surface area contributed by atoms with Gasteiger partial charge in [0.2, 0.25) is 0 Å². The van der Waals surface area contributed by atoms with Crippen molar-refractivity contribution >= 4 is 0 Å². The van der Waals surface area contributed by atoms with E-state index in [0.717, 1.165) is 17.9 Å². The Morgan fingerprint density at radius 3 is 2.60 bits per heavy atom. The summed E-state index contributed by atoms with van der Waals surface area (Å²) in [7, 11) is 2.22. The van der Waals surface area contributed by atoms with Crippen LogP contribution in [-0.4, -0.2) is 30.6 Å². The zero-order chi connectivity index (χ0) is 7.30. The van der Waals surface area contributed by atoms with Gasteiger partial charge >= 0.3 is 0 Å². The van der Waals surface area contributed by atoms with Gasteiger partial charge in [-0.1, -0.05) is 6.92 Å². The molecular weight excluding hydrogens is 124 g/mol. The Hall–Kier alpha value is -0.0800. The highest BCUT2D eigenvalue weighted by molar-refractivity contribution is 5.02. The summed E-state index contributed by atoms with van der Waals surface area (Å²) in [5, 5.41) is 0. The van der Waals surface area contributed by atoms with Gasteiger partial charge in [0, 0.05) is 18.6 Å². The summed E-state index contributed by atoms with van der Waals surface area (Å²) in [5.74, 6) is 1.52. The van der Waals surface area contributed by atoms with E-state index in [1.165, 1.54) is 13.0 Å². The van der Waals surface area contributed by atoms with Crippen molar-refractivity contribution in [2.75, 3.05) is 13.6 Å². The zero-order valence-electron chi connectivity index (χ0n) is 6.75. The van der Waals surface area contributed by atoms with Crippen LogP contribution in [-0.2, 0) is 0 Å². The second-order valence-electron chi connectivity index (χ2n) is 3.94. The maximum atomic E-state index is 6.00. The average molecular weight is 140 g/mol. The van der Waals surface area contributed by atoms with Gasteiger partial charge in [-0.05, 0) is 25.3 Å². The fourth-order valence-electron chi connectivity index (χ4n) is 2.65. The molecule has 1 aliphatic carbocycles. The number of nitrogens with two attached hydrogens (primary N) is 1. The van der Waals surface area contributed by atoms with Crippen LogP contribution >= 0.6 is 0 Å². The molecule has 4 atom stereocenters. The Kier molecular flexibility index (Phi) is 1.29. The van der Waals surface area contributed by atoms with Crippen LogP contribution in [0.25, 0.3) is 0 Å². The molecule has 58 valence electrons. The number of hydrogen-bond donors (Lipinski definition) is 1. The highest BCUT2D eigenvalue weighted by atomic mass is 15.2. The van der Waals surface area contributed by atoms with Gasteiger partial charge in [-0.25, -0.2) is 0 Å². The van der Waals surface area contributed by atoms with Crippen LogP contribution < -0.4 is 5.73 Å². The third-order valence-electron chi connectivity index (χ3n) is 3.39. The van der Waals surface area contributed by atoms with Crippen LogP contribution in [0.4, 0.5) is 0 Å². The molecule has 2 bridgehead atoms. The van der Waals surface area contributed by atoms with Crippen molar-refractivity contribution in [3.05, 3.63) is 0 Å². The zero-order valence-corrected chi connectivity index (χ0v) is 6.75. The van der Waals surface area contributed by atoms with E-state index in [2.05, 4.69) is 18.9 Å². The van der Waals surface area contributed by atoms with Gasteiger partial charge in [-0.15, -0.1) is 0 Å². The Morgan fingerprint density at radius 1 is 1.50 bits per heavy atom. The lowest BCUT2D eigenvalue weighted by Gasteiger charge is -2.31. The molecule has 2 aliphatic rings. The second kappa shape index (κ2) is 1.95. The first-order chi connectivity index (χ1) is 4.70. The molecule has 4 unspecified atom stereocenters. The first kappa shape index (κ1) is 6.62. The van der Waals surface area contributed by atoms with E-state index in [4.69, 9.17) is 5.73 Å². The minimum Gasteiger partial charge on any atom is -0.327 e. The Morgan fingerprint density at radius 2 is 2.20 bits per heavy atom. The number of rotatable bonds is 0. The number of piperidine rings is 1. The van der Waals surface area contributed by atoms with Crippen LogP contribution in [0.2, 0.25) is 0 Å². The van der Waals surface area contributed by atoms with Crippen molar-refractivity contribution in [3.63, 3.8) is 0 Å². The van der Waals surface area contributed by atoms with Crippen LogP contribution in [0.5, 0.6) is 0 Å². The fraction of sp³-hybridized carbons (Fsp3) is 1.00. The van der Waals surface area contributed by atoms with Gasteiger partial charge in [0.05, 0.1) is 0 Å². The summed E-state index contributed by atoms with van der Waals surface area (Å²) in [6.07, 6.45) is 1.35. The maximum Gasteiger partial charge on any atom is 0.0136 e. The summed E-state index contributed by atoms with van der Waals surface area (Å²) in [6, 6.07) is 1.28. The van der Waals surface area contributed by atoms with E-state index in [0.29, 0.717) is 6.04 Å². The monoisotopic (exact) mass is 140 g/mol. The maximum absolute atomic E-state index is 6.00. The van der Waals surface area contributed by atoms with Crippen molar-refractivity contribution in [2.45, 2.75) is 25.4 Å². The highest BCUT2D eigenvalue weighted by Gasteiger charge is 2.46. The van der Waals surface area contributed by atoms with E-state index in [-0.39, 0.29) is 0 Å². The molecule has 2 N–H and O–H groups in total. The summed E-state index contributed by atoms with van der Waals surface area (Å²) >= 11 is 0. The normalized spacial score (nSPS) is 54.3. The molecule has 1 saturated heterocycles. The van der Waals surface area contributed by atoms with E-state index in [1.807, 2.05) is 0 Å². The third kappa shape index (κ3) is 0.663. The molecule has 1 heterocycles. The molecule has 0 aromatic heterocycles. The van der Waals surface area contributed by atoms with Crippen molar-refractivity contribution in [3.8, 4) is 0 Å². The van der Waals surface area contributed by atoms with E-state index in [9.17, 15) is 0 Å². The summed E-state index contributed by atoms with van der Waals surface area (Å²) in [6.45, 7) is 3.52. The Balaban J connectivity index is 2.16. The first-order valence-electron chi connectivity index (χ1n) is 4.16. The standard InChI is InChI=1S/C8H16N2/c1-5-7-3-6(8(5)9)4-10(7)2/h5-8H,3-4,9H2,1-2H3. The highest BCUT2D eigenvalue weighted by Crippen LogP contribution is 2.39. The van der Waals surface area contributed by atoms with Crippen molar-refractivity contribution < 1.29 is 0 Å². The van der Waals surface area contributed by atoms with Crippen LogP contribution in [0, 0.1) is 11.8 Å². The first-order valence-corrected chi connectivity index (χ1v) is 4.16. The molecule has 0 aromatic rings. The Bertz CT molecular complexity index is 144. The predicted octanol–water partition coefficient (Wildman–Crippen LogP) is 0.284. The summed E-state index contributed by atoms with van der Waals surface area (Å²) in [4.78, 5) is 2.46. The lowest BCUT2D eigenvalue weighted by molar-refractivity contribution is 0.183. The molecule has 2 heteroatoms. The smallest absolute Gasteiger partial charge is 0.0136 e. The van der Waals surface area contributed by atoms with Gasteiger partial charge in [0.1, 0.15) is 0 Å². The van der Waals surface area contributed by atoms with Gasteiger partial charge in [0.25, 0.3) is 0 Å². The SMILES string of the molecule is CC1C(N)C2CC1N(C)C2. The van der Waals surface area contributed by atoms with Gasteiger partial charge in [-0.3, -0.25) is 0 Å². The quantitative estimate of drug-likeness (QED) is 0.524. The largest absolute Gasteiger partial charge is 0.327 e. The lowest BCUT2D eigenvalue weighted by Crippen LogP contribution is -2.45. The van der Waals surface area contributed by atoms with E-state index >= 15 is 0 Å². The van der Waals surface area contributed by atoms with Gasteiger partial charge in [0.15, 0.2) is 0 Å². The third-order valence-corrected chi connectivity index (χ3v) is 3.39. The van der Waals surface area contributed by atoms with Crippen molar-refractivity contribution in [1.82, 2.24) is 4.90 Å². The van der Waals surface area contributed by atoms with E-state index in [1.54, 1.807) is 0 Å². The molecule has 0 spiro atoms. The molecular formula is C8H16N2. The van der Waals surface area contributed by atoms with Crippen molar-refractivity contribution in [1.29, 1.82) is 0 Å². The molecule has 0 radical (unpaired) electrons. The van der Waals surface area contributed by atoms with E-state index < -0.39 is 0 Å². The molecule has 10 heavy (non-hydrogen) atoms. The topological polar surface area (TPSA) is 29.3 Å². The van der Waals surface area contributed by atoms with Crippen molar-refractivity contribution in [2.24, 2.45) is 17.6 Å². The molecule has 1 aliphatic heterocycles. The molecule has 0 aromatic carbocycles. The minimum absolute atomic E-state index is 0.487. The fourth-order valence-corrected chi connectivity index (χ4v) is 2.65. The molecule has 2 fully saturated rings. The Labute approximate surface area is 62.4 Å². The number of likely N-dealkylation sites (tertiary alicyclic amines) is 1. The average Bonchev–Trinajstić information content (AvgIpc) is 2.36. The second-order valence-corrected chi connectivity index (χ2v) is 3.94. The van der Waals surface area contributed by atoms with Crippen LogP contribution in [0.1, 0.15) is 13.3 Å². The number of hydrogen-bond acceptors (Lipinski definition) is 2. The van der Waals surface area contributed by atoms with Crippen LogP contribution in [0.3, 0.4) is 0 Å². The minimum atomic E-state index is 0.487. The number of fused-ring (bicyclic) bond motifs is 2. The summed E-state index contributed by atoms with van der Waals surface area (Å²) < 4.78 is 0. The van der Waals surface area contributed by atoms with Gasteiger partial charge in [-0.2, -0.15) is 0 Å². The summed E-state index contributed by atoms with van der Waals surface area (Å²) in [5.41, 5.74) is 6.00. The molecule has 0 amide bonds. The predicted molar refractivity (Wildman–Crippen MR) is 41.7 cm³/mol.